The molecule has 0 saturated carbocycles. The van der Waals surface area contributed by atoms with Crippen LogP contribution < -0.4 is 4.74 Å². The molecule has 0 bridgehead atoms. The van der Waals surface area contributed by atoms with E-state index in [1.807, 2.05) is 72.8 Å². The van der Waals surface area contributed by atoms with E-state index in [1.54, 1.807) is 19.1 Å². The molecule has 0 amide bonds. The van der Waals surface area contributed by atoms with Gasteiger partial charge in [0, 0.05) is 10.0 Å². The van der Waals surface area contributed by atoms with E-state index in [0.29, 0.717) is 30.1 Å². The van der Waals surface area contributed by atoms with Gasteiger partial charge in [-0.25, -0.2) is 4.39 Å². The molecular weight excluding hydrogens is 595 g/mol. The first-order valence-corrected chi connectivity index (χ1v) is 17.6. The van der Waals surface area contributed by atoms with E-state index in [-0.39, 0.29) is 16.6 Å². The Balaban J connectivity index is 1.79. The topological polar surface area (TPSA) is 35.5 Å². The second-order valence-corrected chi connectivity index (χ2v) is 17.7. The van der Waals surface area contributed by atoms with E-state index in [4.69, 9.17) is 9.16 Å². The molecule has 6 heteroatoms. The average Bonchev–Trinajstić information content (AvgIpc) is 2.94. The summed E-state index contributed by atoms with van der Waals surface area (Å²) >= 11 is 3.52. The molecule has 41 heavy (non-hydrogen) atoms. The Bertz CT molecular complexity index is 1490. The normalized spacial score (nSPS) is 12.7. The van der Waals surface area contributed by atoms with Gasteiger partial charge in [-0.3, -0.25) is 4.79 Å². The predicted octanol–water partition coefficient (Wildman–Crippen LogP) is 10.0. The fourth-order valence-electron chi connectivity index (χ4n) is 4.39. The molecule has 0 spiro atoms. The van der Waals surface area contributed by atoms with Crippen LogP contribution in [-0.4, -0.2) is 14.1 Å². The van der Waals surface area contributed by atoms with Crippen molar-refractivity contribution >= 4 is 30.0 Å². The number of carbonyl (C=O) groups is 1. The van der Waals surface area contributed by atoms with Gasteiger partial charge >= 0.3 is 0 Å². The first kappa shape index (κ1) is 30.9. The minimum Gasteiger partial charge on any atom is -0.489 e. The maximum Gasteiger partial charge on any atom is 0.192 e. The highest BCUT2D eigenvalue weighted by Crippen LogP contribution is 2.39. The zero-order chi connectivity index (χ0) is 29.8. The SMILES string of the molecule is Cc1cc(C(=O)C(c2ccc(Br)cc2)c2ccc(OCc3ccccc3)cc2CO[Si](C)(C)C(C)(C)C)ccc1F. The molecule has 0 saturated heterocycles. The fourth-order valence-corrected chi connectivity index (χ4v) is 5.60. The molecule has 0 aliphatic rings. The maximum absolute atomic E-state index is 14.2. The zero-order valence-electron chi connectivity index (χ0n) is 24.6. The van der Waals surface area contributed by atoms with Gasteiger partial charge in [-0.1, -0.05) is 85.2 Å². The molecule has 214 valence electrons. The number of aryl methyl sites for hydroxylation is 1. The highest BCUT2D eigenvalue weighted by atomic mass is 79.9. The second kappa shape index (κ2) is 12.8. The van der Waals surface area contributed by atoms with Crippen molar-refractivity contribution in [3.05, 3.63) is 135 Å². The lowest BCUT2D eigenvalue weighted by molar-refractivity contribution is 0.0973. The van der Waals surface area contributed by atoms with Crippen LogP contribution in [-0.2, 0) is 17.6 Å². The lowest BCUT2D eigenvalue weighted by Crippen LogP contribution is -2.40. The molecule has 3 nitrogen and oxygen atoms in total. The summed E-state index contributed by atoms with van der Waals surface area (Å²) in [6.07, 6.45) is 0. The summed E-state index contributed by atoms with van der Waals surface area (Å²) in [5.74, 6) is -0.313. The molecule has 1 atom stereocenters. The van der Waals surface area contributed by atoms with Crippen LogP contribution in [0.3, 0.4) is 0 Å². The summed E-state index contributed by atoms with van der Waals surface area (Å²) in [6, 6.07) is 28.3. The number of benzene rings is 4. The summed E-state index contributed by atoms with van der Waals surface area (Å²) in [5.41, 5.74) is 4.59. The third-order valence-corrected chi connectivity index (χ3v) is 13.0. The van der Waals surface area contributed by atoms with Crippen molar-refractivity contribution in [3.63, 3.8) is 0 Å². The first-order valence-electron chi connectivity index (χ1n) is 13.8. The molecule has 1 unspecified atom stereocenters. The van der Waals surface area contributed by atoms with Crippen molar-refractivity contribution < 1.29 is 18.3 Å². The van der Waals surface area contributed by atoms with Gasteiger partial charge in [-0.2, -0.15) is 0 Å². The molecular formula is C35H38BrFO3Si. The summed E-state index contributed by atoms with van der Waals surface area (Å²) < 4.78 is 27.9. The average molecular weight is 634 g/mol. The maximum atomic E-state index is 14.2. The Morgan fingerprint density at radius 3 is 2.22 bits per heavy atom. The number of ketones is 1. The van der Waals surface area contributed by atoms with Crippen LogP contribution in [0.4, 0.5) is 4.39 Å². The van der Waals surface area contributed by atoms with Crippen molar-refractivity contribution in [2.45, 2.75) is 65.0 Å². The number of ether oxygens (including phenoxy) is 1. The van der Waals surface area contributed by atoms with Crippen molar-refractivity contribution in [1.82, 2.24) is 0 Å². The summed E-state index contributed by atoms with van der Waals surface area (Å²) in [4.78, 5) is 14.2. The Labute approximate surface area is 253 Å². The van der Waals surface area contributed by atoms with E-state index in [2.05, 4.69) is 49.8 Å². The van der Waals surface area contributed by atoms with Crippen molar-refractivity contribution in [3.8, 4) is 5.75 Å². The number of Topliss-reactive ketones (excluding diaryl/α,β-unsaturated/α-hetero) is 1. The van der Waals surface area contributed by atoms with Crippen molar-refractivity contribution in [1.29, 1.82) is 0 Å². The summed E-state index contributed by atoms with van der Waals surface area (Å²) in [6.45, 7) is 13.6. The summed E-state index contributed by atoms with van der Waals surface area (Å²) in [7, 11) is -2.10. The molecule has 0 fully saturated rings. The number of halogens is 2. The van der Waals surface area contributed by atoms with Gasteiger partial charge in [0.2, 0.25) is 0 Å². The van der Waals surface area contributed by atoms with Crippen molar-refractivity contribution in [2.75, 3.05) is 0 Å². The van der Waals surface area contributed by atoms with E-state index in [1.165, 1.54) is 6.07 Å². The number of rotatable bonds is 10. The minimum absolute atomic E-state index is 0.0289. The smallest absolute Gasteiger partial charge is 0.192 e. The van der Waals surface area contributed by atoms with Gasteiger partial charge < -0.3 is 9.16 Å². The standard InChI is InChI=1S/C35H38BrFO3Si/c1-24-20-27(14-19-32(24)37)34(38)33(26-12-15-29(36)16-13-26)31-18-17-30(39-22-25-10-8-7-9-11-25)21-28(31)23-40-41(5,6)35(2,3)4/h7-21,33H,22-23H2,1-6H3. The Hall–Kier alpha value is -3.06. The number of hydrogen-bond acceptors (Lipinski definition) is 3. The number of carbonyl (C=O) groups excluding carboxylic acids is 1. The van der Waals surface area contributed by atoms with E-state index in [0.717, 1.165) is 26.7 Å². The first-order chi connectivity index (χ1) is 19.4. The predicted molar refractivity (Wildman–Crippen MR) is 171 cm³/mol. The van der Waals surface area contributed by atoms with Gasteiger partial charge in [0.05, 0.1) is 12.5 Å². The van der Waals surface area contributed by atoms with Crippen LogP contribution in [0.2, 0.25) is 18.1 Å². The third kappa shape index (κ3) is 7.62. The number of hydrogen-bond donors (Lipinski definition) is 0. The highest BCUT2D eigenvalue weighted by molar-refractivity contribution is 9.10. The quantitative estimate of drug-likeness (QED) is 0.129. The fraction of sp³-hybridized carbons (Fsp3) is 0.286. The Kier molecular flexibility index (Phi) is 9.68. The molecule has 4 aromatic carbocycles. The van der Waals surface area contributed by atoms with Gasteiger partial charge in [-0.05, 0) is 95.3 Å². The van der Waals surface area contributed by atoms with E-state index >= 15 is 0 Å². The molecule has 0 radical (unpaired) electrons. The van der Waals surface area contributed by atoms with Gasteiger partial charge in [0.1, 0.15) is 18.2 Å². The Morgan fingerprint density at radius 1 is 0.902 bits per heavy atom. The van der Waals surface area contributed by atoms with E-state index < -0.39 is 14.2 Å². The molecule has 0 N–H and O–H groups in total. The van der Waals surface area contributed by atoms with Crippen LogP contribution in [0.5, 0.6) is 5.75 Å². The largest absolute Gasteiger partial charge is 0.489 e. The minimum atomic E-state index is -2.10. The lowest BCUT2D eigenvalue weighted by atomic mass is 9.82. The van der Waals surface area contributed by atoms with Gasteiger partial charge in [0.25, 0.3) is 0 Å². The molecule has 0 aliphatic carbocycles. The monoisotopic (exact) mass is 632 g/mol. The second-order valence-electron chi connectivity index (χ2n) is 12.0. The van der Waals surface area contributed by atoms with Crippen LogP contribution in [0.1, 0.15) is 64.9 Å². The lowest BCUT2D eigenvalue weighted by Gasteiger charge is -2.36. The third-order valence-electron chi connectivity index (χ3n) is 7.98. The van der Waals surface area contributed by atoms with Crippen LogP contribution in [0, 0.1) is 12.7 Å². The molecule has 0 aromatic heterocycles. The summed E-state index contributed by atoms with van der Waals surface area (Å²) in [5, 5.41) is 0.0289. The molecule has 0 aliphatic heterocycles. The van der Waals surface area contributed by atoms with E-state index in [9.17, 15) is 9.18 Å². The van der Waals surface area contributed by atoms with Crippen LogP contribution in [0.25, 0.3) is 0 Å². The molecule has 4 aromatic rings. The van der Waals surface area contributed by atoms with Crippen LogP contribution >= 0.6 is 15.9 Å². The van der Waals surface area contributed by atoms with Crippen molar-refractivity contribution in [2.24, 2.45) is 0 Å². The van der Waals surface area contributed by atoms with Gasteiger partial charge in [0.15, 0.2) is 14.1 Å². The van der Waals surface area contributed by atoms with Gasteiger partial charge in [-0.15, -0.1) is 0 Å². The Morgan fingerprint density at radius 2 is 1.59 bits per heavy atom. The van der Waals surface area contributed by atoms with Crippen LogP contribution in [0.15, 0.2) is 95.5 Å². The zero-order valence-corrected chi connectivity index (χ0v) is 27.2. The highest BCUT2D eigenvalue weighted by Gasteiger charge is 2.37. The molecule has 0 heterocycles. The molecule has 4 rings (SSSR count).